The molecule has 1 aliphatic heterocycles. The lowest BCUT2D eigenvalue weighted by molar-refractivity contribution is -0.124. The van der Waals surface area contributed by atoms with Gasteiger partial charge in [0, 0.05) is 12.1 Å². The number of hydrogen-bond acceptors (Lipinski definition) is 4. The number of hydrogen-bond donors (Lipinski definition) is 3. The summed E-state index contributed by atoms with van der Waals surface area (Å²) in [5, 5.41) is 8.07. The van der Waals surface area contributed by atoms with E-state index in [1.807, 2.05) is 0 Å². The highest BCUT2D eigenvalue weighted by Gasteiger charge is 2.32. The normalized spacial score (nSPS) is 17.4. The molecule has 0 bridgehead atoms. The van der Waals surface area contributed by atoms with Crippen LogP contribution in [-0.2, 0) is 9.59 Å². The maximum atomic E-state index is 12.5. The molecule has 1 fully saturated rings. The van der Waals surface area contributed by atoms with Gasteiger partial charge in [0.2, 0.25) is 11.8 Å². The monoisotopic (exact) mass is 372 g/mol. The van der Waals surface area contributed by atoms with Crippen molar-refractivity contribution >= 4 is 46.7 Å². The van der Waals surface area contributed by atoms with Crippen LogP contribution in [-0.4, -0.2) is 48.9 Å². The molecule has 1 heterocycles. The number of rotatable bonds is 4. The summed E-state index contributed by atoms with van der Waals surface area (Å²) < 4.78 is 0. The molecule has 4 amide bonds. The van der Waals surface area contributed by atoms with Crippen LogP contribution in [0.5, 0.6) is 0 Å². The molecule has 0 aliphatic carbocycles. The summed E-state index contributed by atoms with van der Waals surface area (Å²) >= 11 is 12.0. The van der Waals surface area contributed by atoms with Crippen LogP contribution >= 0.6 is 23.2 Å². The average Bonchev–Trinajstić information content (AvgIpc) is 2.98. The van der Waals surface area contributed by atoms with Gasteiger partial charge in [-0.2, -0.15) is 0 Å². The van der Waals surface area contributed by atoms with Crippen LogP contribution in [0.15, 0.2) is 18.2 Å². The third kappa shape index (κ3) is 4.83. The molecule has 0 radical (unpaired) electrons. The molecular weight excluding hydrogens is 355 g/mol. The van der Waals surface area contributed by atoms with Crippen molar-refractivity contribution in [2.45, 2.75) is 18.9 Å². The molecule has 1 aromatic carbocycles. The van der Waals surface area contributed by atoms with Gasteiger partial charge < -0.3 is 10.6 Å². The number of urea groups is 1. The number of halogens is 2. The van der Waals surface area contributed by atoms with Gasteiger partial charge in [-0.15, -0.1) is 0 Å². The molecule has 1 aromatic rings. The van der Waals surface area contributed by atoms with E-state index >= 15 is 0 Å². The zero-order valence-corrected chi connectivity index (χ0v) is 14.6. The van der Waals surface area contributed by atoms with Crippen LogP contribution in [0.3, 0.4) is 0 Å². The fourth-order valence-electron chi connectivity index (χ4n) is 2.53. The van der Waals surface area contributed by atoms with E-state index in [0.717, 1.165) is 6.42 Å². The summed E-state index contributed by atoms with van der Waals surface area (Å²) in [6, 6.07) is 3.76. The summed E-state index contributed by atoms with van der Waals surface area (Å²) in [6.45, 7) is 0.567. The smallest absolute Gasteiger partial charge is 0.321 e. The average molecular weight is 373 g/mol. The molecule has 0 spiro atoms. The van der Waals surface area contributed by atoms with E-state index in [1.54, 1.807) is 23.1 Å². The van der Waals surface area contributed by atoms with Gasteiger partial charge in [0.05, 0.1) is 23.3 Å². The minimum absolute atomic E-state index is 0.0330. The number of nitrogens with one attached hydrogen (secondary N) is 3. The van der Waals surface area contributed by atoms with Crippen molar-refractivity contribution in [3.05, 3.63) is 28.2 Å². The van der Waals surface area contributed by atoms with Gasteiger partial charge in [-0.3, -0.25) is 19.8 Å². The maximum Gasteiger partial charge on any atom is 0.321 e. The minimum Gasteiger partial charge on any atom is -0.341 e. The van der Waals surface area contributed by atoms with E-state index in [1.165, 1.54) is 7.05 Å². The molecule has 0 aromatic heterocycles. The number of likely N-dealkylation sites (tertiary alicyclic amines) is 1. The highest BCUT2D eigenvalue weighted by Crippen LogP contribution is 2.27. The number of anilines is 1. The van der Waals surface area contributed by atoms with Crippen LogP contribution in [0, 0.1) is 0 Å². The van der Waals surface area contributed by atoms with E-state index in [-0.39, 0.29) is 12.5 Å². The zero-order valence-electron chi connectivity index (χ0n) is 13.1. The predicted molar refractivity (Wildman–Crippen MR) is 92.3 cm³/mol. The summed E-state index contributed by atoms with van der Waals surface area (Å²) in [4.78, 5) is 37.2. The summed E-state index contributed by atoms with van der Waals surface area (Å²) in [7, 11) is 1.42. The standard InChI is InChI=1S/C15H18Cl2N4O3/c1-18-15(24)20-13(22)8-21-6-2-3-12(21)14(23)19-11-7-9(16)4-5-10(11)17/h4-5,7,12H,2-3,6,8H2,1H3,(H,19,23)(H2,18,20,22,24)/t12-/m1/s1. The molecular formula is C15H18Cl2N4O3. The third-order valence-electron chi connectivity index (χ3n) is 3.68. The quantitative estimate of drug-likeness (QED) is 0.752. The number of carbonyl (C=O) groups excluding carboxylic acids is 3. The molecule has 0 unspecified atom stereocenters. The van der Waals surface area contributed by atoms with E-state index in [4.69, 9.17) is 23.2 Å². The molecule has 0 saturated carbocycles. The molecule has 2 rings (SSSR count). The van der Waals surface area contributed by atoms with Crippen molar-refractivity contribution in [3.63, 3.8) is 0 Å². The molecule has 130 valence electrons. The fraction of sp³-hybridized carbons (Fsp3) is 0.400. The van der Waals surface area contributed by atoms with Crippen molar-refractivity contribution in [1.29, 1.82) is 0 Å². The molecule has 1 saturated heterocycles. The topological polar surface area (TPSA) is 90.5 Å². The first-order valence-corrected chi connectivity index (χ1v) is 8.18. The van der Waals surface area contributed by atoms with Crippen LogP contribution in [0.25, 0.3) is 0 Å². The van der Waals surface area contributed by atoms with Gasteiger partial charge >= 0.3 is 6.03 Å². The van der Waals surface area contributed by atoms with Crippen LogP contribution in [0.2, 0.25) is 10.0 Å². The van der Waals surface area contributed by atoms with E-state index in [0.29, 0.717) is 28.7 Å². The molecule has 1 atom stereocenters. The van der Waals surface area contributed by atoms with Crippen molar-refractivity contribution in [1.82, 2.24) is 15.5 Å². The van der Waals surface area contributed by atoms with Gasteiger partial charge in [-0.05, 0) is 37.6 Å². The summed E-state index contributed by atoms with van der Waals surface area (Å²) in [6.07, 6.45) is 1.41. The Bertz CT molecular complexity index is 654. The number of nitrogens with zero attached hydrogens (tertiary/aromatic N) is 1. The second kappa shape index (κ2) is 8.32. The number of amides is 4. The Balaban J connectivity index is 1.99. The first-order valence-electron chi connectivity index (χ1n) is 7.42. The van der Waals surface area contributed by atoms with Gasteiger partial charge in [0.15, 0.2) is 0 Å². The SMILES string of the molecule is CNC(=O)NC(=O)CN1CCC[C@@H]1C(=O)Nc1cc(Cl)ccc1Cl. The second-order valence-corrected chi connectivity index (χ2v) is 6.21. The van der Waals surface area contributed by atoms with Crippen LogP contribution in [0.1, 0.15) is 12.8 Å². The van der Waals surface area contributed by atoms with E-state index < -0.39 is 18.0 Å². The van der Waals surface area contributed by atoms with Gasteiger partial charge in [0.25, 0.3) is 0 Å². The summed E-state index contributed by atoms with van der Waals surface area (Å²) in [5.41, 5.74) is 0.427. The number of benzene rings is 1. The van der Waals surface area contributed by atoms with E-state index in [2.05, 4.69) is 16.0 Å². The van der Waals surface area contributed by atoms with Crippen LogP contribution < -0.4 is 16.0 Å². The number of carbonyl (C=O) groups is 3. The van der Waals surface area contributed by atoms with Crippen molar-refractivity contribution in [3.8, 4) is 0 Å². The van der Waals surface area contributed by atoms with Gasteiger partial charge in [-0.25, -0.2) is 4.79 Å². The molecule has 24 heavy (non-hydrogen) atoms. The van der Waals surface area contributed by atoms with Crippen molar-refractivity contribution < 1.29 is 14.4 Å². The van der Waals surface area contributed by atoms with Crippen LogP contribution in [0.4, 0.5) is 10.5 Å². The summed E-state index contributed by atoms with van der Waals surface area (Å²) in [5.74, 6) is -0.723. The predicted octanol–water partition coefficient (Wildman–Crippen LogP) is 1.85. The lowest BCUT2D eigenvalue weighted by Crippen LogP contribution is -2.47. The highest BCUT2D eigenvalue weighted by atomic mass is 35.5. The Kier molecular flexibility index (Phi) is 6.42. The molecule has 9 heteroatoms. The van der Waals surface area contributed by atoms with Crippen molar-refractivity contribution in [2.75, 3.05) is 25.5 Å². The lowest BCUT2D eigenvalue weighted by atomic mass is 10.2. The number of imide groups is 1. The molecule has 1 aliphatic rings. The fourth-order valence-corrected chi connectivity index (χ4v) is 2.87. The minimum atomic E-state index is -0.578. The third-order valence-corrected chi connectivity index (χ3v) is 4.24. The second-order valence-electron chi connectivity index (χ2n) is 5.37. The Morgan fingerprint density at radius 2 is 2.04 bits per heavy atom. The van der Waals surface area contributed by atoms with Gasteiger partial charge in [-0.1, -0.05) is 23.2 Å². The Labute approximate surface area is 149 Å². The highest BCUT2D eigenvalue weighted by molar-refractivity contribution is 6.35. The first kappa shape index (κ1) is 18.5. The molecule has 3 N–H and O–H groups in total. The first-order chi connectivity index (χ1) is 11.4. The maximum absolute atomic E-state index is 12.5. The van der Waals surface area contributed by atoms with Gasteiger partial charge in [0.1, 0.15) is 0 Å². The Morgan fingerprint density at radius 3 is 2.75 bits per heavy atom. The van der Waals surface area contributed by atoms with E-state index in [9.17, 15) is 14.4 Å². The Hall–Kier alpha value is -1.83. The lowest BCUT2D eigenvalue weighted by Gasteiger charge is -2.23. The van der Waals surface area contributed by atoms with Crippen molar-refractivity contribution in [2.24, 2.45) is 0 Å². The Morgan fingerprint density at radius 1 is 1.29 bits per heavy atom. The largest absolute Gasteiger partial charge is 0.341 e. The molecule has 7 nitrogen and oxygen atoms in total. The zero-order chi connectivity index (χ0) is 17.7.